The molecule has 5 nitrogen and oxygen atoms in total. The molecule has 0 saturated carbocycles. The third kappa shape index (κ3) is 5.24. The minimum atomic E-state index is -0.610. The molecule has 136 valence electrons. The van der Waals surface area contributed by atoms with Crippen LogP contribution in [0.4, 0.5) is 0 Å². The second-order valence-electron chi connectivity index (χ2n) is 6.22. The molecule has 0 aromatic heterocycles. The highest BCUT2D eigenvalue weighted by Gasteiger charge is 2.17. The Morgan fingerprint density at radius 3 is 2.65 bits per heavy atom. The van der Waals surface area contributed by atoms with Crippen LogP contribution in [0.3, 0.4) is 0 Å². The van der Waals surface area contributed by atoms with Gasteiger partial charge < -0.3 is 19.3 Å². The Morgan fingerprint density at radius 2 is 1.85 bits per heavy atom. The molecule has 1 N–H and O–H groups in total. The molecule has 26 heavy (non-hydrogen) atoms. The van der Waals surface area contributed by atoms with E-state index in [9.17, 15) is 5.11 Å². The molecule has 0 fully saturated rings. The van der Waals surface area contributed by atoms with Crippen molar-refractivity contribution in [3.8, 4) is 23.8 Å². The van der Waals surface area contributed by atoms with E-state index in [1.807, 2.05) is 36.4 Å². The van der Waals surface area contributed by atoms with Crippen LogP contribution in [-0.4, -0.2) is 42.7 Å². The average Bonchev–Trinajstić information content (AvgIpc) is 3.10. The minimum Gasteiger partial charge on any atom is -0.454 e. The van der Waals surface area contributed by atoms with E-state index in [0.29, 0.717) is 13.1 Å². The lowest BCUT2D eigenvalue weighted by Crippen LogP contribution is -2.34. The standard InChI is InChI=1S/C21H23NO4/c1-2-10-24-15-19(23)14-22(12-17-6-4-3-5-7-17)13-18-8-9-20-21(11-18)26-16-25-20/h1,3-9,11,19,23H,10,12-16H2. The van der Waals surface area contributed by atoms with Gasteiger partial charge in [-0.2, -0.15) is 0 Å². The number of nitrogens with zero attached hydrogens (tertiary/aromatic N) is 1. The molecule has 1 heterocycles. The quantitative estimate of drug-likeness (QED) is 0.554. The maximum absolute atomic E-state index is 10.3. The summed E-state index contributed by atoms with van der Waals surface area (Å²) in [6.07, 6.45) is 4.57. The van der Waals surface area contributed by atoms with Gasteiger partial charge in [-0.1, -0.05) is 42.3 Å². The summed E-state index contributed by atoms with van der Waals surface area (Å²) in [6.45, 7) is 2.57. The summed E-state index contributed by atoms with van der Waals surface area (Å²) in [5, 5.41) is 10.3. The number of hydrogen-bond acceptors (Lipinski definition) is 5. The lowest BCUT2D eigenvalue weighted by Gasteiger charge is -2.25. The maximum atomic E-state index is 10.3. The van der Waals surface area contributed by atoms with E-state index in [2.05, 4.69) is 23.0 Å². The van der Waals surface area contributed by atoms with Crippen LogP contribution in [-0.2, 0) is 17.8 Å². The molecule has 1 unspecified atom stereocenters. The molecular formula is C21H23NO4. The van der Waals surface area contributed by atoms with Crippen LogP contribution in [0.5, 0.6) is 11.5 Å². The number of terminal acetylenes is 1. The van der Waals surface area contributed by atoms with Gasteiger partial charge in [0.05, 0.1) is 12.7 Å². The van der Waals surface area contributed by atoms with Crippen LogP contribution in [0.1, 0.15) is 11.1 Å². The number of benzene rings is 2. The van der Waals surface area contributed by atoms with Crippen molar-refractivity contribution in [2.24, 2.45) is 0 Å². The largest absolute Gasteiger partial charge is 0.454 e. The molecule has 0 saturated heterocycles. The Kier molecular flexibility index (Phi) is 6.50. The molecular weight excluding hydrogens is 330 g/mol. The first-order valence-electron chi connectivity index (χ1n) is 8.58. The van der Waals surface area contributed by atoms with Crippen LogP contribution in [0, 0.1) is 12.3 Å². The van der Waals surface area contributed by atoms with Crippen LogP contribution in [0.15, 0.2) is 48.5 Å². The van der Waals surface area contributed by atoms with Gasteiger partial charge in [-0.05, 0) is 23.3 Å². The Labute approximate surface area is 154 Å². The first-order valence-corrected chi connectivity index (χ1v) is 8.58. The monoisotopic (exact) mass is 353 g/mol. The van der Waals surface area contributed by atoms with Crippen molar-refractivity contribution in [1.82, 2.24) is 4.90 Å². The van der Waals surface area contributed by atoms with Gasteiger partial charge in [0.1, 0.15) is 6.61 Å². The van der Waals surface area contributed by atoms with Crippen molar-refractivity contribution in [3.63, 3.8) is 0 Å². The first-order chi connectivity index (χ1) is 12.7. The van der Waals surface area contributed by atoms with Crippen molar-refractivity contribution >= 4 is 0 Å². The predicted molar refractivity (Wildman–Crippen MR) is 98.8 cm³/mol. The predicted octanol–water partition coefficient (Wildman–Crippen LogP) is 2.43. The lowest BCUT2D eigenvalue weighted by atomic mass is 10.1. The fourth-order valence-corrected chi connectivity index (χ4v) is 2.93. The van der Waals surface area contributed by atoms with Crippen molar-refractivity contribution in [2.75, 3.05) is 26.6 Å². The molecule has 0 aliphatic carbocycles. The summed E-state index contributed by atoms with van der Waals surface area (Å²) in [7, 11) is 0. The van der Waals surface area contributed by atoms with Crippen molar-refractivity contribution in [3.05, 3.63) is 59.7 Å². The Morgan fingerprint density at radius 1 is 1.08 bits per heavy atom. The zero-order valence-electron chi connectivity index (χ0n) is 14.6. The minimum absolute atomic E-state index is 0.206. The molecule has 0 spiro atoms. The van der Waals surface area contributed by atoms with Gasteiger partial charge in [-0.25, -0.2) is 0 Å². The number of aliphatic hydroxyl groups is 1. The molecule has 3 rings (SSSR count). The molecule has 0 bridgehead atoms. The molecule has 1 atom stereocenters. The molecule has 0 amide bonds. The summed E-state index contributed by atoms with van der Waals surface area (Å²) in [5.41, 5.74) is 2.28. The highest BCUT2D eigenvalue weighted by molar-refractivity contribution is 5.44. The summed E-state index contributed by atoms with van der Waals surface area (Å²) < 4.78 is 16.1. The molecule has 2 aromatic rings. The van der Waals surface area contributed by atoms with Gasteiger partial charge in [0.2, 0.25) is 6.79 Å². The molecule has 2 aromatic carbocycles. The van der Waals surface area contributed by atoms with Crippen LogP contribution < -0.4 is 9.47 Å². The first kappa shape index (κ1) is 18.3. The number of hydrogen-bond donors (Lipinski definition) is 1. The third-order valence-electron chi connectivity index (χ3n) is 4.06. The summed E-state index contributed by atoms with van der Waals surface area (Å²) in [5.74, 6) is 3.94. The average molecular weight is 353 g/mol. The van der Waals surface area contributed by atoms with Crippen LogP contribution in [0.2, 0.25) is 0 Å². The van der Waals surface area contributed by atoms with E-state index in [4.69, 9.17) is 20.6 Å². The summed E-state index contributed by atoms with van der Waals surface area (Å²) >= 11 is 0. The van der Waals surface area contributed by atoms with E-state index in [1.54, 1.807) is 0 Å². The highest BCUT2D eigenvalue weighted by atomic mass is 16.7. The number of ether oxygens (including phenoxy) is 3. The van der Waals surface area contributed by atoms with Gasteiger partial charge in [-0.3, -0.25) is 4.90 Å². The van der Waals surface area contributed by atoms with Crippen molar-refractivity contribution in [1.29, 1.82) is 0 Å². The number of aliphatic hydroxyl groups excluding tert-OH is 1. The molecule has 0 radical (unpaired) electrons. The van der Waals surface area contributed by atoms with Gasteiger partial charge in [-0.15, -0.1) is 6.42 Å². The van der Waals surface area contributed by atoms with Gasteiger partial charge in [0, 0.05) is 19.6 Å². The van der Waals surface area contributed by atoms with Crippen molar-refractivity contribution in [2.45, 2.75) is 19.2 Å². The van der Waals surface area contributed by atoms with Gasteiger partial charge in [0.25, 0.3) is 0 Å². The number of fused-ring (bicyclic) bond motifs is 1. The van der Waals surface area contributed by atoms with E-state index in [1.165, 1.54) is 5.56 Å². The molecule has 5 heteroatoms. The SMILES string of the molecule is C#CCOCC(O)CN(Cc1ccccc1)Cc1ccc2c(c1)OCO2. The zero-order valence-corrected chi connectivity index (χ0v) is 14.6. The van der Waals surface area contributed by atoms with E-state index < -0.39 is 6.10 Å². The second-order valence-corrected chi connectivity index (χ2v) is 6.22. The fraction of sp³-hybridized carbons (Fsp3) is 0.333. The van der Waals surface area contributed by atoms with Crippen LogP contribution >= 0.6 is 0 Å². The number of rotatable bonds is 9. The molecule has 1 aliphatic rings. The summed E-state index contributed by atoms with van der Waals surface area (Å²) in [4.78, 5) is 2.18. The lowest BCUT2D eigenvalue weighted by molar-refractivity contribution is 0.0243. The zero-order chi connectivity index (χ0) is 18.2. The maximum Gasteiger partial charge on any atom is 0.231 e. The Hall–Kier alpha value is -2.52. The topological polar surface area (TPSA) is 51.2 Å². The normalized spacial score (nSPS) is 13.6. The molecule has 1 aliphatic heterocycles. The van der Waals surface area contributed by atoms with Gasteiger partial charge >= 0.3 is 0 Å². The van der Waals surface area contributed by atoms with E-state index in [-0.39, 0.29) is 20.0 Å². The highest BCUT2D eigenvalue weighted by Crippen LogP contribution is 2.32. The third-order valence-corrected chi connectivity index (χ3v) is 4.06. The second kappa shape index (κ2) is 9.25. The van der Waals surface area contributed by atoms with E-state index >= 15 is 0 Å². The Balaban J connectivity index is 1.66. The van der Waals surface area contributed by atoms with Gasteiger partial charge in [0.15, 0.2) is 11.5 Å². The summed E-state index contributed by atoms with van der Waals surface area (Å²) in [6, 6.07) is 16.1. The fourth-order valence-electron chi connectivity index (χ4n) is 2.93. The smallest absolute Gasteiger partial charge is 0.231 e. The van der Waals surface area contributed by atoms with Crippen molar-refractivity contribution < 1.29 is 19.3 Å². The van der Waals surface area contributed by atoms with Crippen LogP contribution in [0.25, 0.3) is 0 Å². The Bertz CT molecular complexity index is 741. The van der Waals surface area contributed by atoms with E-state index in [0.717, 1.165) is 23.6 Å².